The number of benzene rings is 1. The van der Waals surface area contributed by atoms with E-state index < -0.39 is 0 Å². The molecule has 1 atom stereocenters. The molecule has 2 nitrogen and oxygen atoms in total. The van der Waals surface area contributed by atoms with Crippen LogP contribution in [0.3, 0.4) is 0 Å². The quantitative estimate of drug-likeness (QED) is 0.844. The van der Waals surface area contributed by atoms with Gasteiger partial charge < -0.3 is 5.32 Å². The minimum absolute atomic E-state index is 0.641. The van der Waals surface area contributed by atoms with Crippen molar-refractivity contribution < 1.29 is 0 Å². The van der Waals surface area contributed by atoms with Crippen molar-refractivity contribution in [2.45, 2.75) is 57.7 Å². The summed E-state index contributed by atoms with van der Waals surface area (Å²) in [6.07, 6.45) is 6.70. The van der Waals surface area contributed by atoms with E-state index in [0.29, 0.717) is 6.04 Å². The van der Waals surface area contributed by atoms with E-state index in [-0.39, 0.29) is 0 Å². The van der Waals surface area contributed by atoms with Gasteiger partial charge in [0.2, 0.25) is 0 Å². The van der Waals surface area contributed by atoms with Gasteiger partial charge in [0.05, 0.1) is 0 Å². The molecular formula is C17H26N2. The molecule has 1 aromatic carbocycles. The first-order valence-corrected chi connectivity index (χ1v) is 7.77. The molecule has 1 fully saturated rings. The summed E-state index contributed by atoms with van der Waals surface area (Å²) in [7, 11) is 2.26. The molecule has 0 spiro atoms. The van der Waals surface area contributed by atoms with Crippen molar-refractivity contribution in [2.24, 2.45) is 0 Å². The topological polar surface area (TPSA) is 15.3 Å². The van der Waals surface area contributed by atoms with Gasteiger partial charge in [-0.1, -0.05) is 18.2 Å². The largest absolute Gasteiger partial charge is 0.311 e. The summed E-state index contributed by atoms with van der Waals surface area (Å²) in [5, 5.41) is 3.61. The highest BCUT2D eigenvalue weighted by atomic mass is 15.2. The second-order valence-electron chi connectivity index (χ2n) is 6.33. The number of likely N-dealkylation sites (N-methyl/N-ethyl adjacent to an activating group) is 1. The lowest BCUT2D eigenvalue weighted by Gasteiger charge is -2.24. The lowest BCUT2D eigenvalue weighted by Crippen LogP contribution is -2.38. The van der Waals surface area contributed by atoms with Crippen LogP contribution < -0.4 is 5.32 Å². The number of nitrogens with zero attached hydrogens (tertiary/aromatic N) is 1. The van der Waals surface area contributed by atoms with Gasteiger partial charge in [-0.15, -0.1) is 0 Å². The van der Waals surface area contributed by atoms with Gasteiger partial charge in [0, 0.05) is 25.2 Å². The number of fused-ring (bicyclic) bond motifs is 1. The second-order valence-corrected chi connectivity index (χ2v) is 6.33. The van der Waals surface area contributed by atoms with E-state index in [2.05, 4.69) is 42.4 Å². The monoisotopic (exact) mass is 258 g/mol. The third kappa shape index (κ3) is 3.18. The number of rotatable bonds is 6. The Balaban J connectivity index is 1.46. The number of nitrogens with one attached hydrogen (secondary N) is 1. The Morgan fingerprint density at radius 2 is 2.05 bits per heavy atom. The lowest BCUT2D eigenvalue weighted by atomic mass is 10.1. The maximum Gasteiger partial charge on any atom is 0.0206 e. The molecule has 0 saturated heterocycles. The van der Waals surface area contributed by atoms with Gasteiger partial charge in [-0.2, -0.15) is 0 Å². The average Bonchev–Trinajstić information content (AvgIpc) is 3.16. The first kappa shape index (κ1) is 13.1. The van der Waals surface area contributed by atoms with Crippen LogP contribution in [0.5, 0.6) is 0 Å². The highest BCUT2D eigenvalue weighted by molar-refractivity contribution is 5.35. The van der Waals surface area contributed by atoms with Crippen LogP contribution in [0.2, 0.25) is 0 Å². The van der Waals surface area contributed by atoms with Gasteiger partial charge in [0.15, 0.2) is 0 Å². The van der Waals surface area contributed by atoms with Gasteiger partial charge in [-0.3, -0.25) is 4.90 Å². The van der Waals surface area contributed by atoms with Gasteiger partial charge in [0.25, 0.3) is 0 Å². The molecule has 2 heteroatoms. The summed E-state index contributed by atoms with van der Waals surface area (Å²) >= 11 is 0. The molecule has 2 aliphatic carbocycles. The Bertz CT molecular complexity index is 437. The van der Waals surface area contributed by atoms with Crippen molar-refractivity contribution in [2.75, 3.05) is 13.6 Å². The van der Waals surface area contributed by atoms with E-state index in [1.807, 2.05) is 0 Å². The van der Waals surface area contributed by atoms with E-state index in [1.54, 1.807) is 11.1 Å². The summed E-state index contributed by atoms with van der Waals surface area (Å²) in [6, 6.07) is 8.54. The van der Waals surface area contributed by atoms with Crippen molar-refractivity contribution in [3.63, 3.8) is 0 Å². The fraction of sp³-hybridized carbons (Fsp3) is 0.647. The number of hydrogen-bond acceptors (Lipinski definition) is 2. The highest BCUT2D eigenvalue weighted by Gasteiger charge is 2.28. The Hall–Kier alpha value is -0.860. The van der Waals surface area contributed by atoms with Crippen LogP contribution in [0, 0.1) is 0 Å². The van der Waals surface area contributed by atoms with Crippen molar-refractivity contribution in [3.8, 4) is 0 Å². The zero-order chi connectivity index (χ0) is 13.2. The molecule has 1 aromatic rings. The zero-order valence-corrected chi connectivity index (χ0v) is 12.3. The summed E-state index contributed by atoms with van der Waals surface area (Å²) in [5.74, 6) is 0. The predicted molar refractivity (Wildman–Crippen MR) is 80.4 cm³/mol. The Kier molecular flexibility index (Phi) is 3.90. The molecule has 3 rings (SSSR count). The smallest absolute Gasteiger partial charge is 0.0206 e. The van der Waals surface area contributed by atoms with Gasteiger partial charge in [-0.25, -0.2) is 0 Å². The number of hydrogen-bond donors (Lipinski definition) is 1. The molecule has 1 saturated carbocycles. The number of aryl methyl sites for hydroxylation is 2. The van der Waals surface area contributed by atoms with E-state index in [9.17, 15) is 0 Å². The van der Waals surface area contributed by atoms with Crippen LogP contribution in [0.1, 0.15) is 42.9 Å². The summed E-state index contributed by atoms with van der Waals surface area (Å²) < 4.78 is 0. The zero-order valence-electron chi connectivity index (χ0n) is 12.3. The van der Waals surface area contributed by atoms with Crippen molar-refractivity contribution in [3.05, 3.63) is 34.9 Å². The minimum Gasteiger partial charge on any atom is -0.311 e. The van der Waals surface area contributed by atoms with Crippen molar-refractivity contribution in [1.29, 1.82) is 0 Å². The highest BCUT2D eigenvalue weighted by Crippen LogP contribution is 2.26. The van der Waals surface area contributed by atoms with Crippen LogP contribution >= 0.6 is 0 Å². The molecule has 0 radical (unpaired) electrons. The maximum atomic E-state index is 3.61. The molecule has 104 valence electrons. The molecule has 0 heterocycles. The van der Waals surface area contributed by atoms with E-state index in [4.69, 9.17) is 0 Å². The Morgan fingerprint density at radius 1 is 1.26 bits per heavy atom. The van der Waals surface area contributed by atoms with Crippen LogP contribution in [0.4, 0.5) is 0 Å². The standard InChI is InChI=1S/C17H26N2/c1-13(19(2)17-8-9-17)11-18-12-14-6-7-15-4-3-5-16(15)10-14/h6-7,10,13,17-18H,3-5,8-9,11-12H2,1-2H3. The molecule has 1 unspecified atom stereocenters. The van der Waals surface area contributed by atoms with E-state index >= 15 is 0 Å². The summed E-state index contributed by atoms with van der Waals surface area (Å²) in [6.45, 7) is 4.42. The summed E-state index contributed by atoms with van der Waals surface area (Å²) in [5.41, 5.74) is 4.61. The van der Waals surface area contributed by atoms with Crippen LogP contribution in [0.15, 0.2) is 18.2 Å². The fourth-order valence-electron chi connectivity index (χ4n) is 3.15. The fourth-order valence-corrected chi connectivity index (χ4v) is 3.15. The van der Waals surface area contributed by atoms with Crippen molar-refractivity contribution in [1.82, 2.24) is 10.2 Å². The first-order chi connectivity index (χ1) is 9.24. The summed E-state index contributed by atoms with van der Waals surface area (Å²) in [4.78, 5) is 2.52. The molecule has 0 bridgehead atoms. The Morgan fingerprint density at radius 3 is 2.84 bits per heavy atom. The van der Waals surface area contributed by atoms with Gasteiger partial charge in [-0.05, 0) is 62.8 Å². The first-order valence-electron chi connectivity index (χ1n) is 7.77. The van der Waals surface area contributed by atoms with E-state index in [1.165, 1.54) is 37.7 Å². The van der Waals surface area contributed by atoms with Gasteiger partial charge in [0.1, 0.15) is 0 Å². The lowest BCUT2D eigenvalue weighted by molar-refractivity contribution is 0.241. The van der Waals surface area contributed by atoms with E-state index in [0.717, 1.165) is 19.1 Å². The second kappa shape index (κ2) is 5.64. The van der Waals surface area contributed by atoms with Crippen LogP contribution in [-0.2, 0) is 19.4 Å². The van der Waals surface area contributed by atoms with Crippen molar-refractivity contribution >= 4 is 0 Å². The Labute approximate surface area is 117 Å². The molecule has 2 aliphatic rings. The SMILES string of the molecule is CC(CNCc1ccc2c(c1)CCC2)N(C)C1CC1. The molecule has 0 amide bonds. The third-order valence-corrected chi connectivity index (χ3v) is 4.75. The molecule has 0 aliphatic heterocycles. The molecule has 0 aromatic heterocycles. The minimum atomic E-state index is 0.641. The average molecular weight is 258 g/mol. The van der Waals surface area contributed by atoms with Gasteiger partial charge >= 0.3 is 0 Å². The molecule has 1 N–H and O–H groups in total. The third-order valence-electron chi connectivity index (χ3n) is 4.75. The normalized spacial score (nSPS) is 19.7. The predicted octanol–water partition coefficient (Wildman–Crippen LogP) is 2.75. The van der Waals surface area contributed by atoms with Crippen LogP contribution in [-0.4, -0.2) is 30.6 Å². The maximum absolute atomic E-state index is 3.61. The molecular weight excluding hydrogens is 232 g/mol. The van der Waals surface area contributed by atoms with Crippen LogP contribution in [0.25, 0.3) is 0 Å². The molecule has 19 heavy (non-hydrogen) atoms.